The van der Waals surface area contributed by atoms with Crippen molar-refractivity contribution in [1.82, 2.24) is 0 Å². The van der Waals surface area contributed by atoms with E-state index in [4.69, 9.17) is 11.6 Å². The molecule has 3 rings (SSSR count). The van der Waals surface area contributed by atoms with Gasteiger partial charge >= 0.3 is 0 Å². The Labute approximate surface area is 181 Å². The number of anilines is 2. The number of nitrogens with one attached hydrogen (secondary N) is 2. The Morgan fingerprint density at radius 3 is 2.48 bits per heavy atom. The minimum absolute atomic E-state index is 0.0911. The van der Waals surface area contributed by atoms with Crippen molar-refractivity contribution in [1.29, 1.82) is 0 Å². The Bertz CT molecular complexity index is 881. The molecule has 0 aromatic heterocycles. The molecule has 1 aliphatic carbocycles. The first-order valence-electron chi connectivity index (χ1n) is 10.1. The molecule has 4 nitrogen and oxygen atoms in total. The van der Waals surface area contributed by atoms with Crippen LogP contribution in [0, 0.1) is 12.8 Å². The van der Waals surface area contributed by atoms with Gasteiger partial charge in [0, 0.05) is 27.2 Å². The minimum atomic E-state index is -0.292. The van der Waals surface area contributed by atoms with Crippen LogP contribution < -0.4 is 10.6 Å². The topological polar surface area (TPSA) is 58.2 Å². The van der Waals surface area contributed by atoms with E-state index in [0.29, 0.717) is 10.7 Å². The lowest BCUT2D eigenvalue weighted by molar-refractivity contribution is -0.120. The second-order valence-electron chi connectivity index (χ2n) is 7.57. The van der Waals surface area contributed by atoms with E-state index in [2.05, 4.69) is 10.6 Å². The zero-order chi connectivity index (χ0) is 20.8. The van der Waals surface area contributed by atoms with Crippen LogP contribution in [0.1, 0.15) is 44.6 Å². The van der Waals surface area contributed by atoms with E-state index < -0.39 is 0 Å². The van der Waals surface area contributed by atoms with Crippen LogP contribution in [0.3, 0.4) is 0 Å². The Balaban J connectivity index is 1.57. The second kappa shape index (κ2) is 10.2. The first-order valence-corrected chi connectivity index (χ1v) is 11.3. The number of thioether (sulfide) groups is 1. The number of halogens is 1. The van der Waals surface area contributed by atoms with Crippen LogP contribution in [0.25, 0.3) is 0 Å². The third-order valence-electron chi connectivity index (χ3n) is 5.20. The lowest BCUT2D eigenvalue weighted by Gasteiger charge is -2.21. The smallest absolute Gasteiger partial charge is 0.237 e. The van der Waals surface area contributed by atoms with Crippen LogP contribution in [-0.4, -0.2) is 17.1 Å². The summed E-state index contributed by atoms with van der Waals surface area (Å²) in [6, 6.07) is 13.2. The van der Waals surface area contributed by atoms with Gasteiger partial charge in [-0.05, 0) is 62.6 Å². The number of benzene rings is 2. The van der Waals surface area contributed by atoms with E-state index in [1.54, 1.807) is 6.07 Å². The van der Waals surface area contributed by atoms with Gasteiger partial charge in [0.1, 0.15) is 0 Å². The van der Waals surface area contributed by atoms with Crippen molar-refractivity contribution in [2.75, 3.05) is 10.6 Å². The molecule has 2 amide bonds. The first kappa shape index (κ1) is 21.7. The third-order valence-corrected chi connectivity index (χ3v) is 6.70. The normalized spacial score (nSPS) is 15.6. The Morgan fingerprint density at radius 2 is 1.76 bits per heavy atom. The van der Waals surface area contributed by atoms with Crippen LogP contribution in [0.15, 0.2) is 47.4 Å². The standard InChI is InChI=1S/C23H27ClN2O2S/c1-15-11-12-19(14-21(15)24)25-22(27)16(2)29-20-10-6-9-18(13-20)26-23(28)17-7-4-3-5-8-17/h6,9-14,16-17H,3-5,7-8H2,1-2H3,(H,25,27)(H,26,28). The van der Waals surface area contributed by atoms with Gasteiger partial charge in [0.25, 0.3) is 0 Å². The maximum atomic E-state index is 12.5. The van der Waals surface area contributed by atoms with Crippen molar-refractivity contribution >= 4 is 46.6 Å². The molecule has 1 fully saturated rings. The summed E-state index contributed by atoms with van der Waals surface area (Å²) in [6.45, 7) is 3.79. The van der Waals surface area contributed by atoms with Gasteiger partial charge in [-0.25, -0.2) is 0 Å². The molecule has 154 valence electrons. The van der Waals surface area contributed by atoms with Gasteiger partial charge in [-0.3, -0.25) is 9.59 Å². The number of amides is 2. The fourth-order valence-electron chi connectivity index (χ4n) is 3.43. The Morgan fingerprint density at radius 1 is 1.03 bits per heavy atom. The molecule has 1 atom stereocenters. The molecule has 1 unspecified atom stereocenters. The number of hydrogen-bond donors (Lipinski definition) is 2. The van der Waals surface area contributed by atoms with Gasteiger partial charge in [0.15, 0.2) is 0 Å². The van der Waals surface area contributed by atoms with Crippen LogP contribution in [0.2, 0.25) is 5.02 Å². The highest BCUT2D eigenvalue weighted by Crippen LogP contribution is 2.29. The number of rotatable bonds is 6. The van der Waals surface area contributed by atoms with Gasteiger partial charge in [-0.1, -0.05) is 43.0 Å². The summed E-state index contributed by atoms with van der Waals surface area (Å²) in [5, 5.41) is 6.28. The molecule has 2 N–H and O–H groups in total. The Kier molecular flexibility index (Phi) is 7.62. The Hall–Kier alpha value is -1.98. The van der Waals surface area contributed by atoms with Crippen LogP contribution in [0.5, 0.6) is 0 Å². The zero-order valence-corrected chi connectivity index (χ0v) is 18.4. The molecular formula is C23H27ClN2O2S. The van der Waals surface area contributed by atoms with E-state index in [1.807, 2.05) is 50.2 Å². The average Bonchev–Trinajstić information content (AvgIpc) is 2.71. The molecule has 0 spiro atoms. The summed E-state index contributed by atoms with van der Waals surface area (Å²) in [7, 11) is 0. The highest BCUT2D eigenvalue weighted by atomic mass is 35.5. The van der Waals surface area contributed by atoms with Crippen LogP contribution in [-0.2, 0) is 9.59 Å². The molecule has 1 aliphatic rings. The fraction of sp³-hybridized carbons (Fsp3) is 0.391. The van der Waals surface area contributed by atoms with Crippen molar-refractivity contribution < 1.29 is 9.59 Å². The second-order valence-corrected chi connectivity index (χ2v) is 9.39. The molecule has 0 bridgehead atoms. The summed E-state index contributed by atoms with van der Waals surface area (Å²) in [4.78, 5) is 25.9. The molecular weight excluding hydrogens is 404 g/mol. The number of hydrogen-bond acceptors (Lipinski definition) is 3. The van der Waals surface area contributed by atoms with Gasteiger partial charge in [-0.15, -0.1) is 11.8 Å². The van der Waals surface area contributed by atoms with E-state index in [9.17, 15) is 9.59 Å². The molecule has 0 radical (unpaired) electrons. The summed E-state index contributed by atoms with van der Waals surface area (Å²) in [5.74, 6) is 0.131. The maximum Gasteiger partial charge on any atom is 0.237 e. The lowest BCUT2D eigenvalue weighted by Crippen LogP contribution is -2.24. The highest BCUT2D eigenvalue weighted by Gasteiger charge is 2.21. The monoisotopic (exact) mass is 430 g/mol. The quantitative estimate of drug-likeness (QED) is 0.529. The van der Waals surface area contributed by atoms with Gasteiger partial charge in [0.2, 0.25) is 11.8 Å². The van der Waals surface area contributed by atoms with Crippen LogP contribution in [0.4, 0.5) is 11.4 Å². The van der Waals surface area contributed by atoms with Crippen molar-refractivity contribution in [3.05, 3.63) is 53.1 Å². The van der Waals surface area contributed by atoms with E-state index >= 15 is 0 Å². The number of aryl methyl sites for hydroxylation is 1. The summed E-state index contributed by atoms with van der Waals surface area (Å²) >= 11 is 7.59. The van der Waals surface area contributed by atoms with E-state index in [0.717, 1.165) is 41.8 Å². The molecule has 2 aromatic carbocycles. The number of carbonyl (C=O) groups is 2. The molecule has 29 heavy (non-hydrogen) atoms. The molecule has 0 heterocycles. The predicted molar refractivity (Wildman–Crippen MR) is 122 cm³/mol. The van der Waals surface area contributed by atoms with Crippen molar-refractivity contribution in [3.8, 4) is 0 Å². The minimum Gasteiger partial charge on any atom is -0.326 e. The molecule has 6 heteroatoms. The predicted octanol–water partition coefficient (Wildman–Crippen LogP) is 6.29. The number of carbonyl (C=O) groups excluding carboxylic acids is 2. The van der Waals surface area contributed by atoms with Crippen molar-refractivity contribution in [2.24, 2.45) is 5.92 Å². The molecule has 2 aromatic rings. The molecule has 1 saturated carbocycles. The SMILES string of the molecule is Cc1ccc(NC(=O)C(C)Sc2cccc(NC(=O)C3CCCCC3)c2)cc1Cl. The molecule has 0 aliphatic heterocycles. The third kappa shape index (κ3) is 6.25. The van der Waals surface area contributed by atoms with E-state index in [-0.39, 0.29) is 23.0 Å². The molecule has 0 saturated heterocycles. The summed E-state index contributed by atoms with van der Waals surface area (Å²) in [5.41, 5.74) is 2.44. The summed E-state index contributed by atoms with van der Waals surface area (Å²) < 4.78 is 0. The maximum absolute atomic E-state index is 12.5. The van der Waals surface area contributed by atoms with Crippen molar-refractivity contribution in [2.45, 2.75) is 56.1 Å². The lowest BCUT2D eigenvalue weighted by atomic mass is 9.88. The average molecular weight is 431 g/mol. The van der Waals surface area contributed by atoms with Crippen LogP contribution >= 0.6 is 23.4 Å². The zero-order valence-electron chi connectivity index (χ0n) is 16.8. The van der Waals surface area contributed by atoms with Gasteiger partial charge < -0.3 is 10.6 Å². The largest absolute Gasteiger partial charge is 0.326 e. The van der Waals surface area contributed by atoms with Crippen molar-refractivity contribution in [3.63, 3.8) is 0 Å². The fourth-order valence-corrected chi connectivity index (χ4v) is 4.54. The summed E-state index contributed by atoms with van der Waals surface area (Å²) in [6.07, 6.45) is 5.44. The van der Waals surface area contributed by atoms with Gasteiger partial charge in [-0.2, -0.15) is 0 Å². The van der Waals surface area contributed by atoms with E-state index in [1.165, 1.54) is 18.2 Å². The first-order chi connectivity index (χ1) is 13.9. The highest BCUT2D eigenvalue weighted by molar-refractivity contribution is 8.00. The van der Waals surface area contributed by atoms with Gasteiger partial charge in [0.05, 0.1) is 5.25 Å².